The van der Waals surface area contributed by atoms with Gasteiger partial charge >= 0.3 is 273 Å². The third-order valence-electron chi connectivity index (χ3n) is 8.39. The molecule has 0 aliphatic carbocycles. The van der Waals surface area contributed by atoms with E-state index < -0.39 is 48.1 Å². The molecule has 244 valence electrons. The van der Waals surface area contributed by atoms with Crippen molar-refractivity contribution >= 4 is 44.0 Å². The van der Waals surface area contributed by atoms with Crippen LogP contribution in [0.2, 0.25) is 17.7 Å². The van der Waals surface area contributed by atoms with Crippen LogP contribution in [0.4, 0.5) is 0 Å². The average molecular weight is 752 g/mol. The summed E-state index contributed by atoms with van der Waals surface area (Å²) in [7, 11) is -8.82. The summed E-state index contributed by atoms with van der Waals surface area (Å²) in [4.78, 5) is 11.2. The van der Waals surface area contributed by atoms with Crippen LogP contribution < -0.4 is 0 Å². The van der Waals surface area contributed by atoms with Gasteiger partial charge in [-0.15, -0.1) is 0 Å². The Kier molecular flexibility index (Phi) is 16.5. The predicted molar refractivity (Wildman–Crippen MR) is 184 cm³/mol. The molecule has 0 saturated heterocycles. The van der Waals surface area contributed by atoms with Crippen molar-refractivity contribution in [3.63, 3.8) is 0 Å². The number of esters is 1. The number of carbonyl (C=O) groups excluding carboxylic acids is 1. The Morgan fingerprint density at radius 3 is 1.48 bits per heavy atom. The first kappa shape index (κ1) is 38.3. The van der Waals surface area contributed by atoms with Crippen LogP contribution in [0.1, 0.15) is 79.1 Å². The third-order valence-corrected chi connectivity index (χ3v) is 29.4. The molecule has 9 heteroatoms. The summed E-state index contributed by atoms with van der Waals surface area (Å²) in [5, 5.41) is 0. The summed E-state index contributed by atoms with van der Waals surface area (Å²) in [6.07, 6.45) is 13.7. The normalized spacial score (nSPS) is 13.1. The van der Waals surface area contributed by atoms with Crippen molar-refractivity contribution in [3.05, 3.63) is 85.0 Å². The monoisotopic (exact) mass is 752 g/mol. The molecule has 0 N–H and O–H groups in total. The summed E-state index contributed by atoms with van der Waals surface area (Å²) in [5.74, 6) is -0.471. The van der Waals surface area contributed by atoms with Crippen molar-refractivity contribution in [2.45, 2.75) is 111 Å². The second kappa shape index (κ2) is 18.9. The first-order chi connectivity index (χ1) is 21.0. The van der Waals surface area contributed by atoms with Gasteiger partial charge in [0.15, 0.2) is 0 Å². The Hall–Kier alpha value is -1.91. The van der Waals surface area contributed by atoms with E-state index in [0.717, 1.165) is 23.7 Å². The van der Waals surface area contributed by atoms with E-state index in [1.54, 1.807) is 36.4 Å². The fraction of sp³-hybridized carbons (Fsp3) is 0.514. The Bertz CT molecular complexity index is 1310. The molecule has 0 unspecified atom stereocenters. The molecule has 2 aromatic rings. The van der Waals surface area contributed by atoms with Gasteiger partial charge in [0.2, 0.25) is 0 Å². The molecular formula is C35H52O6S2Sn. The quantitative estimate of drug-likeness (QED) is 0.0719. The van der Waals surface area contributed by atoms with E-state index >= 15 is 0 Å². The van der Waals surface area contributed by atoms with Crippen molar-refractivity contribution in [1.82, 2.24) is 0 Å². The van der Waals surface area contributed by atoms with E-state index in [0.29, 0.717) is 0 Å². The number of benzene rings is 2. The van der Waals surface area contributed by atoms with E-state index in [1.807, 2.05) is 6.08 Å². The van der Waals surface area contributed by atoms with Crippen molar-refractivity contribution in [1.29, 1.82) is 0 Å². The average Bonchev–Trinajstić information content (AvgIpc) is 3.02. The molecule has 0 radical (unpaired) electrons. The second-order valence-electron chi connectivity index (χ2n) is 11.7. The van der Waals surface area contributed by atoms with E-state index in [1.165, 1.54) is 75.9 Å². The summed E-state index contributed by atoms with van der Waals surface area (Å²) in [5.41, 5.74) is 0. The Morgan fingerprint density at radius 2 is 1.09 bits per heavy atom. The molecule has 0 fully saturated rings. The first-order valence-electron chi connectivity index (χ1n) is 16.0. The van der Waals surface area contributed by atoms with Crippen molar-refractivity contribution in [2.24, 2.45) is 0 Å². The van der Waals surface area contributed by atoms with Crippen LogP contribution in [0.15, 0.2) is 94.8 Å². The Balaban J connectivity index is 2.68. The number of allylic oxidation sites excluding steroid dienone is 3. The van der Waals surface area contributed by atoms with Gasteiger partial charge in [-0.3, -0.25) is 0 Å². The van der Waals surface area contributed by atoms with Crippen LogP contribution in [0.5, 0.6) is 0 Å². The molecule has 0 bridgehead atoms. The van der Waals surface area contributed by atoms with Crippen LogP contribution in [0.3, 0.4) is 0 Å². The molecule has 0 amide bonds. The summed E-state index contributed by atoms with van der Waals surface area (Å²) in [6, 6.07) is 15.7. The zero-order chi connectivity index (χ0) is 32.5. The van der Waals surface area contributed by atoms with E-state index in [-0.39, 0.29) is 29.2 Å². The van der Waals surface area contributed by atoms with Gasteiger partial charge in [-0.05, 0) is 0 Å². The maximum atomic E-state index is 14.5. The van der Waals surface area contributed by atoms with Gasteiger partial charge in [-0.2, -0.15) is 0 Å². The molecule has 0 atom stereocenters. The number of hydrogen-bond acceptors (Lipinski definition) is 6. The van der Waals surface area contributed by atoms with Gasteiger partial charge in [-0.25, -0.2) is 0 Å². The Morgan fingerprint density at radius 1 is 0.682 bits per heavy atom. The fourth-order valence-electron chi connectivity index (χ4n) is 5.72. The third kappa shape index (κ3) is 10.3. The van der Waals surface area contributed by atoms with E-state index in [9.17, 15) is 21.6 Å². The van der Waals surface area contributed by atoms with Crippen molar-refractivity contribution < 1.29 is 26.4 Å². The molecule has 0 spiro atoms. The number of ether oxygens (including phenoxy) is 1. The van der Waals surface area contributed by atoms with Gasteiger partial charge < -0.3 is 0 Å². The summed E-state index contributed by atoms with van der Waals surface area (Å²) in [6.45, 7) is 7.92. The number of unbranched alkanes of at least 4 members (excludes halogenated alkanes) is 3. The zero-order valence-electron chi connectivity index (χ0n) is 27.0. The zero-order valence-corrected chi connectivity index (χ0v) is 31.5. The maximum absolute atomic E-state index is 14.5. The molecule has 0 aromatic heterocycles. The summed E-state index contributed by atoms with van der Waals surface area (Å²) >= 11 is -2.58. The Labute approximate surface area is 271 Å². The van der Waals surface area contributed by atoms with Gasteiger partial charge in [0.1, 0.15) is 0 Å². The molecule has 0 heterocycles. The van der Waals surface area contributed by atoms with E-state index in [2.05, 4.69) is 26.8 Å². The number of sulfone groups is 2. The molecule has 2 rings (SSSR count). The van der Waals surface area contributed by atoms with Crippen LogP contribution >= 0.6 is 0 Å². The standard InChI is InChI=1S/C23H25O6S2.3C4H9.Sn/c1-3-4-17-23(18-11-12-19-29-20(2)24,30(25,26)21-13-7-5-8-14-21)31(27,28)22-15-9-6-10-16-22;3*1-3-4-2;/h3-16H,1,17-19H2,2H3;3*1,3-4H2,2H3;/b4-3+,12-11+;;;;. The van der Waals surface area contributed by atoms with Crippen LogP contribution in [-0.4, -0.2) is 51.9 Å². The van der Waals surface area contributed by atoms with Crippen molar-refractivity contribution in [2.75, 3.05) is 6.61 Å². The molecule has 0 aliphatic rings. The number of carbonyl (C=O) groups is 1. The summed E-state index contributed by atoms with van der Waals surface area (Å²) < 4.78 is 65.9. The molecule has 2 aromatic carbocycles. The predicted octanol–water partition coefficient (Wildman–Crippen LogP) is 8.94. The van der Waals surface area contributed by atoms with Crippen LogP contribution in [-0.2, 0) is 29.2 Å². The van der Waals surface area contributed by atoms with Crippen LogP contribution in [0.25, 0.3) is 0 Å². The van der Waals surface area contributed by atoms with E-state index in [4.69, 9.17) is 4.74 Å². The number of rotatable bonds is 21. The topological polar surface area (TPSA) is 94.6 Å². The van der Waals surface area contributed by atoms with Crippen molar-refractivity contribution in [3.8, 4) is 0 Å². The molecular weight excluding hydrogens is 699 g/mol. The molecule has 0 aliphatic heterocycles. The minimum atomic E-state index is -4.41. The van der Waals surface area contributed by atoms with Gasteiger partial charge in [0.25, 0.3) is 0 Å². The minimum absolute atomic E-state index is 0.0383. The van der Waals surface area contributed by atoms with Gasteiger partial charge in [-0.1, -0.05) is 0 Å². The molecule has 0 saturated carbocycles. The SMILES string of the molecule is CCC[CH2][Sn]([CH2]/C=C/CC(C/C=C/COC(C)=O)(S(=O)(=O)c1ccccc1)S(=O)(=O)c1ccccc1)([CH2]CCC)[CH2]CCC. The number of hydrogen-bond donors (Lipinski definition) is 0. The fourth-order valence-corrected chi connectivity index (χ4v) is 25.8. The van der Waals surface area contributed by atoms with Gasteiger partial charge in [0, 0.05) is 0 Å². The van der Waals surface area contributed by atoms with Crippen LogP contribution in [0, 0.1) is 0 Å². The molecule has 44 heavy (non-hydrogen) atoms. The van der Waals surface area contributed by atoms with Gasteiger partial charge in [0.05, 0.1) is 0 Å². The first-order valence-corrected chi connectivity index (χ1v) is 27.1. The second-order valence-corrected chi connectivity index (χ2v) is 30.5. The molecule has 6 nitrogen and oxygen atoms in total.